The summed E-state index contributed by atoms with van der Waals surface area (Å²) in [4.78, 5) is 0. The molecular weight excluding hydrogens is 348 g/mol. The minimum absolute atomic E-state index is 0.268. The van der Waals surface area contributed by atoms with E-state index in [4.69, 9.17) is 4.42 Å². The van der Waals surface area contributed by atoms with Gasteiger partial charge in [-0.15, -0.1) is 10.2 Å². The first kappa shape index (κ1) is 13.4. The van der Waals surface area contributed by atoms with Gasteiger partial charge in [0.05, 0.1) is 5.56 Å². The van der Waals surface area contributed by atoms with Crippen molar-refractivity contribution in [2.75, 3.05) is 13.1 Å². The maximum atomic E-state index is 13.0. The lowest BCUT2D eigenvalue weighted by molar-refractivity contribution is 0.496. The van der Waals surface area contributed by atoms with Gasteiger partial charge < -0.3 is 9.73 Å². The van der Waals surface area contributed by atoms with Gasteiger partial charge in [0, 0.05) is 16.5 Å². The quantitative estimate of drug-likeness (QED) is 0.657. The number of nitrogens with zero attached hydrogens (tertiary/aromatic N) is 2. The molecule has 1 aromatic heterocycles. The van der Waals surface area contributed by atoms with Crippen molar-refractivity contribution in [3.8, 4) is 11.5 Å². The van der Waals surface area contributed by atoms with Crippen LogP contribution in [0.1, 0.15) is 12.8 Å². The molecule has 4 nitrogen and oxygen atoms in total. The molecule has 18 heavy (non-hydrogen) atoms. The predicted octanol–water partition coefficient (Wildman–Crippen LogP) is 2.63. The van der Waals surface area contributed by atoms with Crippen molar-refractivity contribution >= 4 is 22.6 Å². The smallest absolute Gasteiger partial charge is 0.248 e. The van der Waals surface area contributed by atoms with Crippen molar-refractivity contribution in [1.29, 1.82) is 0 Å². The summed E-state index contributed by atoms with van der Waals surface area (Å²) in [5, 5.41) is 11.1. The molecule has 0 saturated carbocycles. The van der Waals surface area contributed by atoms with E-state index in [1.165, 1.54) is 12.1 Å². The molecule has 2 rings (SSSR count). The van der Waals surface area contributed by atoms with Gasteiger partial charge in [0.1, 0.15) is 5.82 Å². The first-order valence-electron chi connectivity index (χ1n) is 5.69. The number of rotatable bonds is 5. The van der Waals surface area contributed by atoms with E-state index in [0.717, 1.165) is 22.2 Å². The monoisotopic (exact) mass is 361 g/mol. The molecule has 0 aliphatic rings. The van der Waals surface area contributed by atoms with E-state index in [1.54, 1.807) is 6.07 Å². The van der Waals surface area contributed by atoms with Gasteiger partial charge in [-0.2, -0.15) is 0 Å². The summed E-state index contributed by atoms with van der Waals surface area (Å²) in [6.07, 6.45) is 0.693. The second-order valence-corrected chi connectivity index (χ2v) is 4.89. The van der Waals surface area contributed by atoms with Gasteiger partial charge in [0.25, 0.3) is 0 Å². The number of aromatic nitrogens is 2. The van der Waals surface area contributed by atoms with Crippen molar-refractivity contribution < 1.29 is 8.81 Å². The molecule has 6 heteroatoms. The fourth-order valence-corrected chi connectivity index (χ4v) is 2.21. The Morgan fingerprint density at radius 3 is 2.94 bits per heavy atom. The lowest BCUT2D eigenvalue weighted by Gasteiger charge is -1.99. The molecule has 0 aliphatic carbocycles. The largest absolute Gasteiger partial charge is 0.421 e. The van der Waals surface area contributed by atoms with Crippen LogP contribution in [0.2, 0.25) is 0 Å². The molecule has 0 spiro atoms. The van der Waals surface area contributed by atoms with Gasteiger partial charge in [-0.3, -0.25) is 0 Å². The molecule has 0 radical (unpaired) electrons. The summed E-state index contributed by atoms with van der Waals surface area (Å²) < 4.78 is 19.3. The fourth-order valence-electron chi connectivity index (χ4n) is 1.50. The highest BCUT2D eigenvalue weighted by atomic mass is 127. The summed E-state index contributed by atoms with van der Waals surface area (Å²) in [5.41, 5.74) is 0.763. The molecule has 1 aromatic carbocycles. The number of nitrogens with one attached hydrogen (secondary N) is 1. The van der Waals surface area contributed by atoms with Crippen LogP contribution < -0.4 is 5.32 Å². The minimum atomic E-state index is -0.268. The number of hydrogen-bond donors (Lipinski definition) is 1. The van der Waals surface area contributed by atoms with E-state index in [2.05, 4.69) is 38.1 Å². The van der Waals surface area contributed by atoms with Gasteiger partial charge >= 0.3 is 0 Å². The normalized spacial score (nSPS) is 10.8. The Morgan fingerprint density at radius 1 is 1.39 bits per heavy atom. The van der Waals surface area contributed by atoms with E-state index < -0.39 is 0 Å². The zero-order valence-electron chi connectivity index (χ0n) is 9.91. The van der Waals surface area contributed by atoms with Crippen LogP contribution in [0, 0.1) is 9.39 Å². The van der Waals surface area contributed by atoms with E-state index in [0.29, 0.717) is 18.2 Å². The van der Waals surface area contributed by atoms with E-state index in [1.807, 2.05) is 6.92 Å². The maximum Gasteiger partial charge on any atom is 0.248 e. The second-order valence-electron chi connectivity index (χ2n) is 3.73. The molecule has 96 valence electrons. The predicted molar refractivity (Wildman–Crippen MR) is 74.7 cm³/mol. The summed E-state index contributed by atoms with van der Waals surface area (Å²) >= 11 is 2.05. The molecule has 1 heterocycles. The van der Waals surface area contributed by atoms with E-state index in [-0.39, 0.29) is 5.82 Å². The highest BCUT2D eigenvalue weighted by Gasteiger charge is 2.11. The number of halogens is 2. The zero-order valence-corrected chi connectivity index (χ0v) is 12.1. The Kier molecular flexibility index (Phi) is 4.65. The summed E-state index contributed by atoms with van der Waals surface area (Å²) in [5.74, 6) is 0.756. The van der Waals surface area contributed by atoms with Crippen molar-refractivity contribution in [3.05, 3.63) is 33.5 Å². The molecule has 0 unspecified atom stereocenters. The standard InChI is InChI=1S/C12H13FIN3O/c1-2-15-6-5-11-16-17-12(18-11)9-4-3-8(13)7-10(9)14/h3-4,7,15H,2,5-6H2,1H3. The third kappa shape index (κ3) is 3.26. The Bertz CT molecular complexity index is 530. The third-order valence-electron chi connectivity index (χ3n) is 2.39. The van der Waals surface area contributed by atoms with Gasteiger partial charge in [-0.05, 0) is 47.3 Å². The molecule has 0 fully saturated rings. The molecule has 0 bridgehead atoms. The summed E-state index contributed by atoms with van der Waals surface area (Å²) in [6, 6.07) is 4.48. The average molecular weight is 361 g/mol. The Labute approximate surface area is 118 Å². The average Bonchev–Trinajstić information content (AvgIpc) is 2.78. The van der Waals surface area contributed by atoms with Crippen LogP contribution in [0.3, 0.4) is 0 Å². The van der Waals surface area contributed by atoms with Crippen LogP contribution in [0.15, 0.2) is 22.6 Å². The van der Waals surface area contributed by atoms with Crippen molar-refractivity contribution in [3.63, 3.8) is 0 Å². The molecule has 2 aromatic rings. The van der Waals surface area contributed by atoms with Crippen molar-refractivity contribution in [2.45, 2.75) is 13.3 Å². The lowest BCUT2D eigenvalue weighted by atomic mass is 10.2. The SMILES string of the molecule is CCNCCc1nnc(-c2ccc(F)cc2I)o1. The van der Waals surface area contributed by atoms with E-state index in [9.17, 15) is 4.39 Å². The van der Waals surface area contributed by atoms with Gasteiger partial charge in [-0.25, -0.2) is 4.39 Å². The highest BCUT2D eigenvalue weighted by molar-refractivity contribution is 14.1. The second kappa shape index (κ2) is 6.24. The van der Waals surface area contributed by atoms with Gasteiger partial charge in [0.15, 0.2) is 0 Å². The zero-order chi connectivity index (χ0) is 13.0. The Balaban J connectivity index is 2.13. The van der Waals surface area contributed by atoms with Crippen LogP contribution in [-0.4, -0.2) is 23.3 Å². The van der Waals surface area contributed by atoms with Crippen LogP contribution in [0.4, 0.5) is 4.39 Å². The van der Waals surface area contributed by atoms with Crippen LogP contribution in [-0.2, 0) is 6.42 Å². The molecule has 0 saturated heterocycles. The molecule has 1 N–H and O–H groups in total. The van der Waals surface area contributed by atoms with Crippen LogP contribution in [0.5, 0.6) is 0 Å². The van der Waals surface area contributed by atoms with Crippen LogP contribution in [0.25, 0.3) is 11.5 Å². The first-order chi connectivity index (χ1) is 8.70. The Morgan fingerprint density at radius 2 is 2.22 bits per heavy atom. The summed E-state index contributed by atoms with van der Waals surface area (Å²) in [6.45, 7) is 3.76. The maximum absolute atomic E-state index is 13.0. The van der Waals surface area contributed by atoms with Crippen molar-refractivity contribution in [1.82, 2.24) is 15.5 Å². The van der Waals surface area contributed by atoms with Crippen molar-refractivity contribution in [2.24, 2.45) is 0 Å². The number of hydrogen-bond acceptors (Lipinski definition) is 4. The van der Waals surface area contributed by atoms with E-state index >= 15 is 0 Å². The molecule has 0 atom stereocenters. The molecule has 0 amide bonds. The van der Waals surface area contributed by atoms with Gasteiger partial charge in [-0.1, -0.05) is 6.92 Å². The number of benzene rings is 1. The minimum Gasteiger partial charge on any atom is -0.421 e. The summed E-state index contributed by atoms with van der Waals surface area (Å²) in [7, 11) is 0. The molecule has 0 aliphatic heterocycles. The Hall–Kier alpha value is -1.02. The van der Waals surface area contributed by atoms with Gasteiger partial charge in [0.2, 0.25) is 11.8 Å². The third-order valence-corrected chi connectivity index (χ3v) is 3.29. The first-order valence-corrected chi connectivity index (χ1v) is 6.77. The topological polar surface area (TPSA) is 51.0 Å². The molecular formula is C12H13FIN3O. The highest BCUT2D eigenvalue weighted by Crippen LogP contribution is 2.24. The number of likely N-dealkylation sites (N-methyl/N-ethyl adjacent to an activating group) is 1. The lowest BCUT2D eigenvalue weighted by Crippen LogP contribution is -2.16. The fraction of sp³-hybridized carbons (Fsp3) is 0.333. The van der Waals surface area contributed by atoms with Crippen LogP contribution >= 0.6 is 22.6 Å².